The molecule has 0 saturated carbocycles. The van der Waals surface area contributed by atoms with E-state index >= 15 is 0 Å². The van der Waals surface area contributed by atoms with Crippen molar-refractivity contribution >= 4 is 9.84 Å². The van der Waals surface area contributed by atoms with Crippen molar-refractivity contribution in [1.82, 2.24) is 9.97 Å². The van der Waals surface area contributed by atoms with E-state index in [-0.39, 0.29) is 5.75 Å². The average Bonchev–Trinajstić information content (AvgIpc) is 2.80. The van der Waals surface area contributed by atoms with Gasteiger partial charge in [-0.25, -0.2) is 13.4 Å². The summed E-state index contributed by atoms with van der Waals surface area (Å²) >= 11 is 0. The summed E-state index contributed by atoms with van der Waals surface area (Å²) < 4.78 is 23.5. The average molecular weight is 279 g/mol. The van der Waals surface area contributed by atoms with E-state index in [2.05, 4.69) is 9.97 Å². The van der Waals surface area contributed by atoms with Gasteiger partial charge in [0.05, 0.1) is 22.9 Å². The van der Waals surface area contributed by atoms with Crippen LogP contribution in [0, 0.1) is 6.92 Å². The number of aromatic amines is 1. The monoisotopic (exact) mass is 279 g/mol. The van der Waals surface area contributed by atoms with Crippen LogP contribution in [0.5, 0.6) is 0 Å². The predicted octanol–water partition coefficient (Wildman–Crippen LogP) is 1.64. The van der Waals surface area contributed by atoms with Gasteiger partial charge in [-0.15, -0.1) is 0 Å². The molecule has 1 aromatic heterocycles. The number of rotatable bonds is 4. The van der Waals surface area contributed by atoms with Crippen LogP contribution in [0.3, 0.4) is 0 Å². The molecule has 0 saturated heterocycles. The van der Waals surface area contributed by atoms with Crippen LogP contribution in [0.25, 0.3) is 11.3 Å². The van der Waals surface area contributed by atoms with E-state index in [0.29, 0.717) is 11.4 Å². The van der Waals surface area contributed by atoms with Crippen LogP contribution in [0.15, 0.2) is 29.2 Å². The third-order valence-electron chi connectivity index (χ3n) is 2.99. The first-order valence-electron chi connectivity index (χ1n) is 6.06. The lowest BCUT2D eigenvalue weighted by Crippen LogP contribution is -2.03. The maximum Gasteiger partial charge on any atom is 0.178 e. The minimum atomic E-state index is -3.15. The lowest BCUT2D eigenvalue weighted by atomic mass is 10.1. The zero-order valence-electron chi connectivity index (χ0n) is 11.0. The molecule has 1 aromatic carbocycles. The topological polar surface area (TPSA) is 88.8 Å². The van der Waals surface area contributed by atoms with E-state index in [4.69, 9.17) is 5.73 Å². The molecule has 0 atom stereocenters. The van der Waals surface area contributed by atoms with Crippen molar-refractivity contribution in [1.29, 1.82) is 0 Å². The summed E-state index contributed by atoms with van der Waals surface area (Å²) in [5.41, 5.74) is 8.14. The van der Waals surface area contributed by atoms with Gasteiger partial charge in [0.2, 0.25) is 0 Å². The van der Waals surface area contributed by atoms with Gasteiger partial charge in [-0.3, -0.25) is 0 Å². The first-order chi connectivity index (χ1) is 8.97. The van der Waals surface area contributed by atoms with Crippen LogP contribution in [0.4, 0.5) is 0 Å². The molecule has 19 heavy (non-hydrogen) atoms. The number of nitrogens with zero attached hydrogens (tertiary/aromatic N) is 1. The standard InChI is InChI=1S/C13H17N3O2S/c1-3-19(17,18)11-6-4-10(5-7-11)13-9(2)15-12(8-14)16-13/h4-7H,3,8,14H2,1-2H3,(H,15,16). The lowest BCUT2D eigenvalue weighted by molar-refractivity contribution is 0.597. The van der Waals surface area contributed by atoms with Crippen LogP contribution >= 0.6 is 0 Å². The van der Waals surface area contributed by atoms with Gasteiger partial charge in [0, 0.05) is 11.3 Å². The van der Waals surface area contributed by atoms with Gasteiger partial charge in [0.15, 0.2) is 9.84 Å². The van der Waals surface area contributed by atoms with Crippen molar-refractivity contribution in [2.75, 3.05) is 5.75 Å². The zero-order valence-corrected chi connectivity index (χ0v) is 11.8. The van der Waals surface area contributed by atoms with Crippen molar-refractivity contribution in [2.45, 2.75) is 25.3 Å². The Morgan fingerprint density at radius 3 is 2.37 bits per heavy atom. The first kappa shape index (κ1) is 13.8. The highest BCUT2D eigenvalue weighted by Gasteiger charge is 2.13. The van der Waals surface area contributed by atoms with Crippen molar-refractivity contribution < 1.29 is 8.42 Å². The van der Waals surface area contributed by atoms with Crippen molar-refractivity contribution in [3.05, 3.63) is 35.8 Å². The Balaban J connectivity index is 2.40. The Morgan fingerprint density at radius 1 is 1.26 bits per heavy atom. The van der Waals surface area contributed by atoms with Crippen LogP contribution in [-0.4, -0.2) is 24.1 Å². The summed E-state index contributed by atoms with van der Waals surface area (Å²) in [4.78, 5) is 7.81. The van der Waals surface area contributed by atoms with Gasteiger partial charge in [-0.1, -0.05) is 19.1 Å². The molecule has 0 aliphatic rings. The molecule has 6 heteroatoms. The number of imidazole rings is 1. The first-order valence-corrected chi connectivity index (χ1v) is 7.72. The molecule has 102 valence electrons. The molecule has 0 spiro atoms. The largest absolute Gasteiger partial charge is 0.344 e. The summed E-state index contributed by atoms with van der Waals surface area (Å²) in [6.45, 7) is 3.90. The number of aromatic nitrogens is 2. The van der Waals surface area contributed by atoms with E-state index in [1.807, 2.05) is 6.92 Å². The molecule has 0 unspecified atom stereocenters. The molecule has 0 amide bonds. The maximum atomic E-state index is 11.7. The molecular formula is C13H17N3O2S. The Kier molecular flexibility index (Phi) is 3.73. The molecule has 1 heterocycles. The van der Waals surface area contributed by atoms with Crippen LogP contribution < -0.4 is 5.73 Å². The molecule has 5 nitrogen and oxygen atoms in total. The van der Waals surface area contributed by atoms with E-state index in [9.17, 15) is 8.42 Å². The van der Waals surface area contributed by atoms with Crippen LogP contribution in [0.2, 0.25) is 0 Å². The Bertz CT molecular complexity index is 672. The van der Waals surface area contributed by atoms with E-state index in [1.54, 1.807) is 31.2 Å². The molecule has 0 aliphatic carbocycles. The number of benzene rings is 1. The second-order valence-electron chi connectivity index (χ2n) is 4.29. The second kappa shape index (κ2) is 5.14. The highest BCUT2D eigenvalue weighted by Crippen LogP contribution is 2.23. The van der Waals surface area contributed by atoms with E-state index < -0.39 is 9.84 Å². The van der Waals surface area contributed by atoms with E-state index in [0.717, 1.165) is 22.8 Å². The molecule has 0 radical (unpaired) electrons. The minimum Gasteiger partial charge on any atom is -0.344 e. The van der Waals surface area contributed by atoms with Crippen LogP contribution in [-0.2, 0) is 16.4 Å². The van der Waals surface area contributed by atoms with Gasteiger partial charge in [0.1, 0.15) is 5.82 Å². The van der Waals surface area contributed by atoms with Crippen LogP contribution in [0.1, 0.15) is 18.4 Å². The summed E-state index contributed by atoms with van der Waals surface area (Å²) in [5, 5.41) is 0. The van der Waals surface area contributed by atoms with Gasteiger partial charge in [-0.05, 0) is 19.1 Å². The predicted molar refractivity (Wildman–Crippen MR) is 74.4 cm³/mol. The lowest BCUT2D eigenvalue weighted by Gasteiger charge is -2.03. The molecule has 0 fully saturated rings. The summed E-state index contributed by atoms with van der Waals surface area (Å²) in [6.07, 6.45) is 0. The van der Waals surface area contributed by atoms with Gasteiger partial charge >= 0.3 is 0 Å². The molecule has 0 aliphatic heterocycles. The van der Waals surface area contributed by atoms with Gasteiger partial charge in [0.25, 0.3) is 0 Å². The number of hydrogen-bond donors (Lipinski definition) is 2. The highest BCUT2D eigenvalue weighted by atomic mass is 32.2. The summed E-state index contributed by atoms with van der Waals surface area (Å²) in [7, 11) is -3.15. The van der Waals surface area contributed by atoms with Gasteiger partial charge in [-0.2, -0.15) is 0 Å². The van der Waals surface area contributed by atoms with E-state index in [1.165, 1.54) is 0 Å². The molecule has 2 rings (SSSR count). The number of nitrogens with one attached hydrogen (secondary N) is 1. The maximum absolute atomic E-state index is 11.7. The number of aryl methyl sites for hydroxylation is 1. The molecule has 0 bridgehead atoms. The molecule has 3 N–H and O–H groups in total. The third-order valence-corrected chi connectivity index (χ3v) is 4.74. The third kappa shape index (κ3) is 2.69. The number of nitrogens with two attached hydrogens (primary N) is 1. The molecule has 2 aromatic rings. The zero-order chi connectivity index (χ0) is 14.0. The normalized spacial score (nSPS) is 11.7. The Labute approximate surface area is 112 Å². The van der Waals surface area contributed by atoms with Gasteiger partial charge < -0.3 is 10.7 Å². The number of sulfone groups is 1. The fourth-order valence-corrected chi connectivity index (χ4v) is 2.77. The van der Waals surface area contributed by atoms with Crippen molar-refractivity contribution in [3.63, 3.8) is 0 Å². The molecular weight excluding hydrogens is 262 g/mol. The minimum absolute atomic E-state index is 0.102. The SMILES string of the molecule is CCS(=O)(=O)c1ccc(-c2nc(CN)[nH]c2C)cc1. The number of H-pyrrole nitrogens is 1. The van der Waals surface area contributed by atoms with Crippen molar-refractivity contribution in [2.24, 2.45) is 5.73 Å². The summed E-state index contributed by atoms with van der Waals surface area (Å²) in [5.74, 6) is 0.822. The highest BCUT2D eigenvalue weighted by molar-refractivity contribution is 7.91. The fourth-order valence-electron chi connectivity index (χ4n) is 1.89. The fraction of sp³-hybridized carbons (Fsp3) is 0.308. The Morgan fingerprint density at radius 2 is 1.89 bits per heavy atom. The number of hydrogen-bond acceptors (Lipinski definition) is 4. The summed E-state index contributed by atoms with van der Waals surface area (Å²) in [6, 6.07) is 6.77. The smallest absolute Gasteiger partial charge is 0.178 e. The quantitative estimate of drug-likeness (QED) is 0.890. The second-order valence-corrected chi connectivity index (χ2v) is 6.57. The Hall–Kier alpha value is -1.66. The van der Waals surface area contributed by atoms with Crippen molar-refractivity contribution in [3.8, 4) is 11.3 Å².